The molecule has 0 bridgehead atoms. The summed E-state index contributed by atoms with van der Waals surface area (Å²) in [4.78, 5) is 0. The molecular formula is C8H16OSi. The van der Waals surface area contributed by atoms with Crippen molar-refractivity contribution in [3.05, 3.63) is 12.7 Å². The first-order valence-corrected chi connectivity index (χ1v) is 4.79. The summed E-state index contributed by atoms with van der Waals surface area (Å²) in [6.45, 7) is 8.89. The molecule has 0 N–H and O–H groups in total. The summed E-state index contributed by atoms with van der Waals surface area (Å²) < 4.78 is 5.38. The molecule has 2 radical (unpaired) electrons. The van der Waals surface area contributed by atoms with Gasteiger partial charge in [0.2, 0.25) is 9.76 Å². The number of rotatable bonds is 6. The molecule has 0 spiro atoms. The van der Waals surface area contributed by atoms with Crippen molar-refractivity contribution in [2.45, 2.75) is 32.2 Å². The van der Waals surface area contributed by atoms with Gasteiger partial charge in [-0.1, -0.05) is 26.3 Å². The molecule has 1 nitrogen and oxygen atoms in total. The summed E-state index contributed by atoms with van der Waals surface area (Å²) in [5.41, 5.74) is 0.525. The minimum Gasteiger partial charge on any atom is -0.417 e. The molecule has 10 heavy (non-hydrogen) atoms. The normalized spacial score (nSPS) is 13.0. The van der Waals surface area contributed by atoms with Crippen molar-refractivity contribution in [3.8, 4) is 0 Å². The van der Waals surface area contributed by atoms with Crippen molar-refractivity contribution in [2.75, 3.05) is 6.61 Å². The van der Waals surface area contributed by atoms with Gasteiger partial charge in [-0.15, -0.1) is 6.58 Å². The highest BCUT2D eigenvalue weighted by Gasteiger charge is 1.97. The van der Waals surface area contributed by atoms with Gasteiger partial charge < -0.3 is 4.43 Å². The van der Waals surface area contributed by atoms with E-state index >= 15 is 0 Å². The fraction of sp³-hybridized carbons (Fsp3) is 0.750. The van der Waals surface area contributed by atoms with Gasteiger partial charge in [0.25, 0.3) is 0 Å². The molecule has 1 atom stereocenters. The fourth-order valence-corrected chi connectivity index (χ4v) is 1.08. The second-order valence-electron chi connectivity index (χ2n) is 2.34. The molecule has 0 rings (SSSR count). The van der Waals surface area contributed by atoms with Crippen molar-refractivity contribution in [1.82, 2.24) is 0 Å². The zero-order valence-electron chi connectivity index (χ0n) is 6.89. The summed E-state index contributed by atoms with van der Waals surface area (Å²) >= 11 is 0. The molecule has 0 heterocycles. The first-order valence-electron chi connectivity index (χ1n) is 3.81. The number of allylic oxidation sites excluding steroid dienone is 1. The maximum absolute atomic E-state index is 5.38. The van der Waals surface area contributed by atoms with E-state index in [0.717, 1.165) is 6.61 Å². The number of hydrogen-bond acceptors (Lipinski definition) is 1. The molecule has 0 amide bonds. The van der Waals surface area contributed by atoms with Gasteiger partial charge in [-0.05, 0) is 12.0 Å². The van der Waals surface area contributed by atoms with Crippen LogP contribution in [0.1, 0.15) is 26.7 Å². The summed E-state index contributed by atoms with van der Waals surface area (Å²) in [6, 6.07) is 0. The molecule has 0 aromatic heterocycles. The summed E-state index contributed by atoms with van der Waals surface area (Å²) in [6.07, 6.45) is 4.33. The van der Waals surface area contributed by atoms with E-state index in [9.17, 15) is 0 Å². The van der Waals surface area contributed by atoms with Crippen LogP contribution in [0.2, 0.25) is 5.54 Å². The Bertz CT molecular complexity index is 83.3. The number of hydrogen-bond donors (Lipinski definition) is 0. The van der Waals surface area contributed by atoms with Crippen LogP contribution >= 0.6 is 0 Å². The van der Waals surface area contributed by atoms with E-state index in [2.05, 4.69) is 20.4 Å². The van der Waals surface area contributed by atoms with E-state index in [0.29, 0.717) is 15.3 Å². The Labute approximate surface area is 66.4 Å². The van der Waals surface area contributed by atoms with Crippen LogP contribution in [-0.4, -0.2) is 16.4 Å². The smallest absolute Gasteiger partial charge is 0.236 e. The summed E-state index contributed by atoms with van der Waals surface area (Å²) in [5, 5.41) is 0. The molecule has 1 unspecified atom stereocenters. The Morgan fingerprint density at radius 2 is 2.40 bits per heavy atom. The third-order valence-electron chi connectivity index (χ3n) is 1.22. The average Bonchev–Trinajstić information content (AvgIpc) is 1.98. The minimum atomic E-state index is 0.525. The second-order valence-corrected chi connectivity index (χ2v) is 3.78. The molecule has 0 aromatic rings. The first kappa shape index (κ1) is 9.92. The van der Waals surface area contributed by atoms with Crippen molar-refractivity contribution >= 4 is 9.76 Å². The van der Waals surface area contributed by atoms with Gasteiger partial charge in [0, 0.05) is 6.61 Å². The molecule has 0 aliphatic heterocycles. The van der Waals surface area contributed by atoms with Gasteiger partial charge in [0.1, 0.15) is 0 Å². The van der Waals surface area contributed by atoms with E-state index in [1.165, 1.54) is 12.8 Å². The van der Waals surface area contributed by atoms with Crippen LogP contribution in [-0.2, 0) is 4.43 Å². The highest BCUT2D eigenvalue weighted by Crippen LogP contribution is 2.01. The van der Waals surface area contributed by atoms with Crippen LogP contribution in [0.15, 0.2) is 12.7 Å². The number of unbranched alkanes of at least 4 members (excludes halogenated alkanes) is 1. The molecule has 0 aliphatic carbocycles. The van der Waals surface area contributed by atoms with E-state index in [-0.39, 0.29) is 0 Å². The zero-order valence-corrected chi connectivity index (χ0v) is 7.89. The van der Waals surface area contributed by atoms with Crippen LogP contribution in [0.3, 0.4) is 0 Å². The Morgan fingerprint density at radius 1 is 1.70 bits per heavy atom. The Hall–Kier alpha value is -0.0831. The van der Waals surface area contributed by atoms with Gasteiger partial charge in [0.05, 0.1) is 0 Å². The largest absolute Gasteiger partial charge is 0.417 e. The average molecular weight is 156 g/mol. The lowest BCUT2D eigenvalue weighted by Gasteiger charge is -2.03. The van der Waals surface area contributed by atoms with Crippen LogP contribution in [0.5, 0.6) is 0 Å². The Balaban J connectivity index is 2.95. The van der Waals surface area contributed by atoms with Gasteiger partial charge in [-0.3, -0.25) is 0 Å². The molecule has 0 aromatic carbocycles. The Morgan fingerprint density at radius 3 is 2.90 bits per heavy atom. The lowest BCUT2D eigenvalue weighted by molar-refractivity contribution is 0.323. The lowest BCUT2D eigenvalue weighted by Crippen LogP contribution is -2.04. The second kappa shape index (κ2) is 7.03. The molecule has 0 aliphatic rings. The van der Waals surface area contributed by atoms with Gasteiger partial charge in [-0.2, -0.15) is 0 Å². The van der Waals surface area contributed by atoms with Crippen molar-refractivity contribution < 1.29 is 4.43 Å². The predicted molar refractivity (Wildman–Crippen MR) is 46.2 cm³/mol. The minimum absolute atomic E-state index is 0.525. The quantitative estimate of drug-likeness (QED) is 0.326. The molecule has 0 saturated heterocycles. The SMILES string of the molecule is C=CC(C)[Si]OCCCC. The van der Waals surface area contributed by atoms with Crippen LogP contribution in [0.25, 0.3) is 0 Å². The monoisotopic (exact) mass is 156 g/mol. The van der Waals surface area contributed by atoms with Gasteiger partial charge in [-0.25, -0.2) is 0 Å². The van der Waals surface area contributed by atoms with E-state index in [4.69, 9.17) is 4.43 Å². The van der Waals surface area contributed by atoms with Crippen LogP contribution in [0, 0.1) is 0 Å². The highest BCUT2D eigenvalue weighted by molar-refractivity contribution is 6.30. The molecule has 0 fully saturated rings. The molecular weight excluding hydrogens is 140 g/mol. The van der Waals surface area contributed by atoms with E-state index < -0.39 is 0 Å². The predicted octanol–water partition coefficient (Wildman–Crippen LogP) is 2.42. The van der Waals surface area contributed by atoms with Gasteiger partial charge >= 0.3 is 0 Å². The topological polar surface area (TPSA) is 9.23 Å². The lowest BCUT2D eigenvalue weighted by atomic mass is 10.4. The summed E-state index contributed by atoms with van der Waals surface area (Å²) in [5.74, 6) is 0. The standard InChI is InChI=1S/C8H16OSi/c1-4-6-7-9-10-8(3)5-2/h5,8H,2,4,6-7H2,1,3H3. The maximum Gasteiger partial charge on any atom is 0.236 e. The molecule has 0 saturated carbocycles. The van der Waals surface area contributed by atoms with Crippen LogP contribution in [0.4, 0.5) is 0 Å². The maximum atomic E-state index is 5.38. The molecule has 58 valence electrons. The molecule has 2 heteroatoms. The first-order chi connectivity index (χ1) is 4.81. The zero-order chi connectivity index (χ0) is 7.82. The van der Waals surface area contributed by atoms with E-state index in [1.807, 2.05) is 6.08 Å². The fourth-order valence-electron chi connectivity index (χ4n) is 0.455. The van der Waals surface area contributed by atoms with Crippen molar-refractivity contribution in [1.29, 1.82) is 0 Å². The highest BCUT2D eigenvalue weighted by atomic mass is 28.2. The van der Waals surface area contributed by atoms with Crippen molar-refractivity contribution in [2.24, 2.45) is 0 Å². The Kier molecular flexibility index (Phi) is 6.97. The van der Waals surface area contributed by atoms with Gasteiger partial charge in [0.15, 0.2) is 0 Å². The van der Waals surface area contributed by atoms with Crippen LogP contribution < -0.4 is 0 Å². The third kappa shape index (κ3) is 6.04. The van der Waals surface area contributed by atoms with E-state index in [1.54, 1.807) is 0 Å². The third-order valence-corrected chi connectivity index (χ3v) is 2.20. The summed E-state index contributed by atoms with van der Waals surface area (Å²) in [7, 11) is 0.598. The van der Waals surface area contributed by atoms with Crippen molar-refractivity contribution in [3.63, 3.8) is 0 Å².